The van der Waals surface area contributed by atoms with Crippen LogP contribution < -0.4 is 0 Å². The van der Waals surface area contributed by atoms with Crippen molar-refractivity contribution in [1.82, 2.24) is 19.7 Å². The Morgan fingerprint density at radius 1 is 0.395 bits per heavy atom. The first-order valence-corrected chi connectivity index (χ1v) is 44.7. The molecule has 0 N–H and O–H groups in total. The molecule has 0 unspecified atom stereocenters. The predicted molar refractivity (Wildman–Crippen MR) is 448 cm³/mol. The van der Waals surface area contributed by atoms with Crippen LogP contribution in [0.2, 0.25) is 0 Å². The highest BCUT2D eigenvalue weighted by atomic mass is 32.2. The van der Waals surface area contributed by atoms with Crippen LogP contribution in [-0.4, -0.2) is 134 Å². The number of carbonyl (C=O) groups is 3. The van der Waals surface area contributed by atoms with Crippen molar-refractivity contribution in [2.24, 2.45) is 15.0 Å². The van der Waals surface area contributed by atoms with Crippen LogP contribution in [-0.2, 0) is 97.0 Å². The number of hydrogen-bond acceptors (Lipinski definition) is 18. The highest BCUT2D eigenvalue weighted by Crippen LogP contribution is 2.52. The molecule has 0 saturated carbocycles. The number of hydrogen-bond donors (Lipinski definition) is 0. The van der Waals surface area contributed by atoms with Gasteiger partial charge >= 0.3 is 0 Å². The summed E-state index contributed by atoms with van der Waals surface area (Å²) < 4.78 is 121. The Hall–Kier alpha value is -12.9. The number of sulfone groups is 3. The van der Waals surface area contributed by atoms with Crippen molar-refractivity contribution in [2.45, 2.75) is 88.5 Å². The monoisotopic (exact) mass is 1650 g/mol. The normalized spacial score (nSPS) is 20.6. The van der Waals surface area contributed by atoms with Gasteiger partial charge in [0.25, 0.3) is 17.7 Å². The van der Waals surface area contributed by atoms with Crippen molar-refractivity contribution in [1.29, 1.82) is 5.26 Å². The third-order valence-corrected chi connectivity index (χ3v) is 29.0. The minimum absolute atomic E-state index is 0.0237. The van der Waals surface area contributed by atoms with Crippen LogP contribution in [0.4, 0.5) is 4.39 Å². The molecule has 0 saturated heterocycles. The molecule has 6 aliphatic rings. The standard InChI is InChI=1S/C94H75FN8O12S4/c95-75-41-39-67(40-42-75)86-98-93(82(113-86)79-30-14-13-21-72(79)59-101(90(93)105)44-48-117(107,108)76-24-7-2-8-25-76)56-64-19-15-22-68(51-64)70-35-37-73-60-103(46-50-119(111,112)78-28-11-4-12-29-78)91(106)94(83(80(73)53-70)114-85(99-94)66-33-31-63(58-96)32-34-66)57-65-20-16-23-69(52-65)71-36-38-74-61-102(45-49-118(109,110)77-26-9-3-10-27-77)89(104)92(55-62-17-5-1-6-18-62)84(81(74)54-71)115-87(100-92)88-97-43-47-116-88/h1-43,47,51-54,82-84H,44-46,48-50,55-57,59-61H2/t82-,83-,84-,92-,93-,94-/m0/s1. The highest BCUT2D eigenvalue weighted by Gasteiger charge is 2.60. The lowest BCUT2D eigenvalue weighted by Crippen LogP contribution is -2.50. The van der Waals surface area contributed by atoms with Gasteiger partial charge in [0.15, 0.2) is 69.4 Å². The van der Waals surface area contributed by atoms with E-state index in [1.165, 1.54) is 64.8 Å². The minimum atomic E-state index is -4.00. The average Bonchev–Trinajstić information content (AvgIpc) is 1.58. The Labute approximate surface area is 691 Å². The SMILES string of the molecule is N#Cc1ccc(C2=N[C@]3(Cc4cccc(-c5ccc6c(c5)[C@@H]5OC(c7nccs7)=N[C@]5(Cc5ccccc5)C(=O)N(CCS(=O)(=O)c5ccccc5)C6)c4)C(=O)N(CCS(=O)(=O)c4ccccc4)Cc4ccc(-c5cccc(C[C@]67N=C(c8ccc(F)cc8)O[C@H]6c6ccccc6CN(CCS(=O)(=O)c6ccccc6)C7=O)c5)cc4[C@@H]3O2)cc1. The van der Waals surface area contributed by atoms with Gasteiger partial charge in [-0.15, -0.1) is 11.3 Å². The number of ether oxygens (including phenoxy) is 3. The number of halogens is 1. The molecule has 1 aromatic heterocycles. The molecule has 594 valence electrons. The third kappa shape index (κ3) is 14.8. The fourth-order valence-corrected chi connectivity index (χ4v) is 21.5. The van der Waals surface area contributed by atoms with Crippen LogP contribution in [0.15, 0.2) is 320 Å². The molecule has 0 radical (unpaired) electrons. The summed E-state index contributed by atoms with van der Waals surface area (Å²) in [6.07, 6.45) is -1.71. The summed E-state index contributed by atoms with van der Waals surface area (Å²) in [5, 5.41) is 12.3. The second-order valence-electron chi connectivity index (χ2n) is 30.6. The molecule has 7 heterocycles. The molecule has 0 spiro atoms. The van der Waals surface area contributed by atoms with Gasteiger partial charge in [0.1, 0.15) is 5.82 Å². The van der Waals surface area contributed by atoms with E-state index in [1.807, 2.05) is 140 Å². The van der Waals surface area contributed by atoms with Crippen molar-refractivity contribution >= 4 is 76.3 Å². The highest BCUT2D eigenvalue weighted by molar-refractivity contribution is 7.92. The zero-order valence-corrected chi connectivity index (χ0v) is 67.2. The number of thiazole rings is 1. The molecular formula is C94H75FN8O12S4. The van der Waals surface area contributed by atoms with E-state index in [2.05, 4.69) is 11.1 Å². The summed E-state index contributed by atoms with van der Waals surface area (Å²) in [7, 11) is -11.8. The topological polar surface area (TPSA) is 265 Å². The third-order valence-electron chi connectivity index (χ3n) is 23.1. The maximum absolute atomic E-state index is 16.7. The van der Waals surface area contributed by atoms with Gasteiger partial charge in [-0.05, 0) is 153 Å². The lowest BCUT2D eigenvalue weighted by atomic mass is 9.80. The minimum Gasteiger partial charge on any atom is -0.466 e. The summed E-state index contributed by atoms with van der Waals surface area (Å²) in [6.45, 7) is -0.575. The van der Waals surface area contributed by atoms with Crippen molar-refractivity contribution in [3.05, 3.63) is 368 Å². The van der Waals surface area contributed by atoms with E-state index >= 15 is 14.4 Å². The van der Waals surface area contributed by atoms with Gasteiger partial charge in [-0.3, -0.25) is 14.4 Å². The summed E-state index contributed by atoms with van der Waals surface area (Å²) in [5.41, 5.74) is 4.72. The largest absolute Gasteiger partial charge is 0.466 e. The molecular weight excluding hydrogens is 1580 g/mol. The molecule has 12 aromatic rings. The molecule has 20 nitrogen and oxygen atoms in total. The van der Waals surface area contributed by atoms with E-state index in [-0.39, 0.29) is 102 Å². The molecule has 119 heavy (non-hydrogen) atoms. The summed E-state index contributed by atoms with van der Waals surface area (Å²) in [5.74, 6) is -2.74. The van der Waals surface area contributed by atoms with Gasteiger partial charge in [-0.1, -0.05) is 182 Å². The van der Waals surface area contributed by atoms with Crippen molar-refractivity contribution in [2.75, 3.05) is 36.9 Å². The molecule has 18 rings (SSSR count). The molecule has 6 atom stereocenters. The summed E-state index contributed by atoms with van der Waals surface area (Å²) in [6, 6.07) is 82.7. The molecule has 0 aliphatic carbocycles. The van der Waals surface area contributed by atoms with Crippen LogP contribution in [0.1, 0.15) is 90.1 Å². The van der Waals surface area contributed by atoms with Crippen LogP contribution in [0.5, 0.6) is 0 Å². The van der Waals surface area contributed by atoms with E-state index in [9.17, 15) is 34.9 Å². The van der Waals surface area contributed by atoms with E-state index in [0.717, 1.165) is 11.1 Å². The maximum atomic E-state index is 16.7. The fraction of sp³-hybridized carbons (Fsp3) is 0.191. The molecule has 0 bridgehead atoms. The lowest BCUT2D eigenvalue weighted by molar-refractivity contribution is -0.140. The Balaban J connectivity index is 0.742. The molecule has 6 aliphatic heterocycles. The zero-order valence-electron chi connectivity index (χ0n) is 63.9. The van der Waals surface area contributed by atoms with E-state index in [4.69, 9.17) is 29.2 Å². The predicted octanol–water partition coefficient (Wildman–Crippen LogP) is 14.4. The Kier molecular flexibility index (Phi) is 20.3. The second-order valence-corrected chi connectivity index (χ2v) is 37.8. The fourth-order valence-electron chi connectivity index (χ4n) is 17.1. The van der Waals surface area contributed by atoms with Gasteiger partial charge in [0.05, 0.1) is 43.6 Å². The first kappa shape index (κ1) is 77.4. The Bertz CT molecular complexity index is 6500. The Morgan fingerprint density at radius 2 is 0.756 bits per heavy atom. The van der Waals surface area contributed by atoms with Crippen LogP contribution in [0.3, 0.4) is 0 Å². The molecule has 11 aromatic carbocycles. The van der Waals surface area contributed by atoms with Gasteiger partial charge in [-0.2, -0.15) is 5.26 Å². The number of amides is 3. The van der Waals surface area contributed by atoms with Gasteiger partial charge in [0, 0.05) is 97.9 Å². The Morgan fingerprint density at radius 3 is 1.19 bits per heavy atom. The van der Waals surface area contributed by atoms with Crippen molar-refractivity contribution in [3.8, 4) is 28.3 Å². The number of aliphatic imine (C=N–C) groups is 3. The number of rotatable bonds is 23. The van der Waals surface area contributed by atoms with Crippen LogP contribution >= 0.6 is 11.3 Å². The van der Waals surface area contributed by atoms with E-state index < -0.39 is 93.7 Å². The number of nitrogens with zero attached hydrogens (tertiary/aromatic N) is 8. The average molecular weight is 1660 g/mol. The number of carbonyl (C=O) groups excluding carboxylic acids is 3. The summed E-state index contributed by atoms with van der Waals surface area (Å²) >= 11 is 1.31. The van der Waals surface area contributed by atoms with Gasteiger partial charge < -0.3 is 28.9 Å². The quantitative estimate of drug-likeness (QED) is 0.0576. The molecule has 25 heteroatoms. The molecule has 3 amide bonds. The number of fused-ring (bicyclic) bond motifs is 9. The lowest BCUT2D eigenvalue weighted by Gasteiger charge is -2.33. The smallest absolute Gasteiger partial charge is 0.255 e. The van der Waals surface area contributed by atoms with E-state index in [0.29, 0.717) is 82.9 Å². The first-order valence-electron chi connectivity index (χ1n) is 38.9. The van der Waals surface area contributed by atoms with Crippen molar-refractivity contribution in [3.63, 3.8) is 0 Å². The number of aromatic nitrogens is 1. The number of benzene rings is 11. The van der Waals surface area contributed by atoms with E-state index in [1.54, 1.807) is 112 Å². The number of nitriles is 1. The zero-order chi connectivity index (χ0) is 81.8. The van der Waals surface area contributed by atoms with Gasteiger partial charge in [-0.25, -0.2) is 49.6 Å². The second kappa shape index (κ2) is 31.2. The van der Waals surface area contributed by atoms with Gasteiger partial charge in [0.2, 0.25) is 17.7 Å². The maximum Gasteiger partial charge on any atom is 0.255 e. The van der Waals surface area contributed by atoms with Crippen LogP contribution in [0, 0.1) is 17.1 Å². The summed E-state index contributed by atoms with van der Waals surface area (Å²) in [4.78, 5) is 74.2. The first-order chi connectivity index (χ1) is 57.6. The van der Waals surface area contributed by atoms with Crippen LogP contribution in [0.25, 0.3) is 22.3 Å². The molecule has 0 fully saturated rings. The van der Waals surface area contributed by atoms with Crippen molar-refractivity contribution < 1.29 is 58.2 Å².